The Hall–Kier alpha value is -1.79. The zero-order valence-electron chi connectivity index (χ0n) is 12.1. The van der Waals surface area contributed by atoms with E-state index < -0.39 is 12.1 Å². The predicted molar refractivity (Wildman–Crippen MR) is 71.9 cm³/mol. The standard InChI is InChI=1S/C14H20O6/c1-5-20-14(16)13(15)10-7-11(18-3)9(8-17-2)6-12(10)19-4/h6-7,13,15H,5,8H2,1-4H3. The van der Waals surface area contributed by atoms with Gasteiger partial charge in [0.15, 0.2) is 6.10 Å². The minimum atomic E-state index is -1.42. The first-order valence-electron chi connectivity index (χ1n) is 6.17. The van der Waals surface area contributed by atoms with Gasteiger partial charge in [-0.05, 0) is 19.1 Å². The van der Waals surface area contributed by atoms with E-state index in [9.17, 15) is 9.90 Å². The molecule has 20 heavy (non-hydrogen) atoms. The SMILES string of the molecule is CCOC(=O)C(O)c1cc(OC)c(COC)cc1OC. The molecule has 112 valence electrons. The van der Waals surface area contributed by atoms with Crippen molar-refractivity contribution in [3.05, 3.63) is 23.3 Å². The van der Waals surface area contributed by atoms with Gasteiger partial charge in [0.1, 0.15) is 11.5 Å². The molecule has 1 rings (SSSR count). The molecule has 0 radical (unpaired) electrons. The van der Waals surface area contributed by atoms with Gasteiger partial charge in [-0.3, -0.25) is 0 Å². The molecular weight excluding hydrogens is 264 g/mol. The second-order valence-corrected chi connectivity index (χ2v) is 3.99. The molecule has 0 aliphatic rings. The molecule has 0 saturated heterocycles. The summed E-state index contributed by atoms with van der Waals surface area (Å²) in [5.41, 5.74) is 1.05. The van der Waals surface area contributed by atoms with Crippen molar-refractivity contribution in [1.82, 2.24) is 0 Å². The summed E-state index contributed by atoms with van der Waals surface area (Å²) in [6, 6.07) is 3.22. The van der Waals surface area contributed by atoms with Crippen LogP contribution in [0.5, 0.6) is 11.5 Å². The van der Waals surface area contributed by atoms with Crippen LogP contribution in [-0.4, -0.2) is 39.0 Å². The van der Waals surface area contributed by atoms with E-state index in [1.807, 2.05) is 0 Å². The summed E-state index contributed by atoms with van der Waals surface area (Å²) in [6.07, 6.45) is -1.42. The summed E-state index contributed by atoms with van der Waals surface area (Å²) < 4.78 is 20.3. The average Bonchev–Trinajstić information content (AvgIpc) is 2.46. The first kappa shape index (κ1) is 16.3. The van der Waals surface area contributed by atoms with Crippen molar-refractivity contribution in [3.8, 4) is 11.5 Å². The minimum absolute atomic E-state index is 0.192. The summed E-state index contributed by atoms with van der Waals surface area (Å²) in [4.78, 5) is 11.6. The first-order chi connectivity index (χ1) is 9.58. The van der Waals surface area contributed by atoms with E-state index in [-0.39, 0.29) is 6.61 Å². The van der Waals surface area contributed by atoms with Gasteiger partial charge in [-0.15, -0.1) is 0 Å². The minimum Gasteiger partial charge on any atom is -0.496 e. The molecule has 0 bridgehead atoms. The number of carbonyl (C=O) groups is 1. The van der Waals surface area contributed by atoms with Gasteiger partial charge in [-0.25, -0.2) is 4.79 Å². The Morgan fingerprint density at radius 1 is 1.20 bits per heavy atom. The zero-order chi connectivity index (χ0) is 15.1. The van der Waals surface area contributed by atoms with Crippen LogP contribution in [0.25, 0.3) is 0 Å². The van der Waals surface area contributed by atoms with E-state index in [4.69, 9.17) is 18.9 Å². The van der Waals surface area contributed by atoms with Crippen LogP contribution in [0.4, 0.5) is 0 Å². The monoisotopic (exact) mass is 284 g/mol. The van der Waals surface area contributed by atoms with E-state index in [0.717, 1.165) is 5.56 Å². The lowest BCUT2D eigenvalue weighted by Crippen LogP contribution is -2.16. The summed E-state index contributed by atoms with van der Waals surface area (Å²) in [5, 5.41) is 10.0. The summed E-state index contributed by atoms with van der Waals surface area (Å²) in [6.45, 7) is 2.19. The fourth-order valence-corrected chi connectivity index (χ4v) is 1.81. The van der Waals surface area contributed by atoms with Crippen LogP contribution in [0.15, 0.2) is 12.1 Å². The van der Waals surface area contributed by atoms with Gasteiger partial charge < -0.3 is 24.1 Å². The molecule has 0 heterocycles. The highest BCUT2D eigenvalue weighted by Crippen LogP contribution is 2.33. The Labute approximate surface area is 118 Å². The zero-order valence-corrected chi connectivity index (χ0v) is 12.1. The maximum atomic E-state index is 11.6. The van der Waals surface area contributed by atoms with Crippen molar-refractivity contribution in [2.45, 2.75) is 19.6 Å². The van der Waals surface area contributed by atoms with E-state index in [2.05, 4.69) is 0 Å². The largest absolute Gasteiger partial charge is 0.496 e. The smallest absolute Gasteiger partial charge is 0.339 e. The third-order valence-electron chi connectivity index (χ3n) is 2.74. The number of aliphatic hydroxyl groups is 1. The molecule has 0 aliphatic heterocycles. The van der Waals surface area contributed by atoms with Gasteiger partial charge >= 0.3 is 5.97 Å². The van der Waals surface area contributed by atoms with E-state index in [1.165, 1.54) is 14.2 Å². The van der Waals surface area contributed by atoms with Crippen molar-refractivity contribution < 1.29 is 28.8 Å². The van der Waals surface area contributed by atoms with Crippen LogP contribution < -0.4 is 9.47 Å². The van der Waals surface area contributed by atoms with Crippen LogP contribution in [-0.2, 0) is 20.9 Å². The highest BCUT2D eigenvalue weighted by molar-refractivity contribution is 5.77. The molecule has 6 nitrogen and oxygen atoms in total. The number of rotatable bonds is 7. The topological polar surface area (TPSA) is 74.2 Å². The Morgan fingerprint density at radius 2 is 1.85 bits per heavy atom. The Bertz CT molecular complexity index is 457. The molecule has 1 aromatic rings. The van der Waals surface area contributed by atoms with Crippen molar-refractivity contribution in [2.75, 3.05) is 27.9 Å². The molecule has 0 fully saturated rings. The fourth-order valence-electron chi connectivity index (χ4n) is 1.81. The lowest BCUT2D eigenvalue weighted by Gasteiger charge is -2.17. The van der Waals surface area contributed by atoms with Crippen LogP contribution in [0, 0.1) is 0 Å². The van der Waals surface area contributed by atoms with Crippen LogP contribution >= 0.6 is 0 Å². The highest BCUT2D eigenvalue weighted by Gasteiger charge is 2.24. The summed E-state index contributed by atoms with van der Waals surface area (Å²) in [7, 11) is 4.52. The van der Waals surface area contributed by atoms with E-state index in [0.29, 0.717) is 23.7 Å². The third-order valence-corrected chi connectivity index (χ3v) is 2.74. The number of benzene rings is 1. The van der Waals surface area contributed by atoms with Crippen molar-refractivity contribution >= 4 is 5.97 Å². The Morgan fingerprint density at radius 3 is 2.35 bits per heavy atom. The molecular formula is C14H20O6. The lowest BCUT2D eigenvalue weighted by molar-refractivity contribution is -0.153. The van der Waals surface area contributed by atoms with Gasteiger partial charge in [0, 0.05) is 18.2 Å². The molecule has 0 aliphatic carbocycles. The molecule has 0 aromatic heterocycles. The van der Waals surface area contributed by atoms with Crippen molar-refractivity contribution in [2.24, 2.45) is 0 Å². The molecule has 1 atom stereocenters. The maximum Gasteiger partial charge on any atom is 0.339 e. The normalized spacial score (nSPS) is 11.8. The van der Waals surface area contributed by atoms with E-state index >= 15 is 0 Å². The summed E-state index contributed by atoms with van der Waals surface area (Å²) >= 11 is 0. The number of aliphatic hydroxyl groups excluding tert-OH is 1. The number of hydrogen-bond acceptors (Lipinski definition) is 6. The van der Waals surface area contributed by atoms with Gasteiger partial charge in [0.25, 0.3) is 0 Å². The Balaban J connectivity index is 3.20. The highest BCUT2D eigenvalue weighted by atomic mass is 16.5. The van der Waals surface area contributed by atoms with Crippen molar-refractivity contribution in [3.63, 3.8) is 0 Å². The molecule has 1 N–H and O–H groups in total. The quantitative estimate of drug-likeness (QED) is 0.764. The molecule has 1 aromatic carbocycles. The lowest BCUT2D eigenvalue weighted by atomic mass is 10.0. The molecule has 0 saturated carbocycles. The number of esters is 1. The fraction of sp³-hybridized carbons (Fsp3) is 0.500. The third kappa shape index (κ3) is 3.61. The van der Waals surface area contributed by atoms with Crippen LogP contribution in [0.2, 0.25) is 0 Å². The van der Waals surface area contributed by atoms with Gasteiger partial charge in [0.2, 0.25) is 0 Å². The molecule has 6 heteroatoms. The average molecular weight is 284 g/mol. The second kappa shape index (κ2) is 7.72. The number of carbonyl (C=O) groups excluding carboxylic acids is 1. The van der Waals surface area contributed by atoms with Gasteiger partial charge in [-0.2, -0.15) is 0 Å². The molecule has 0 spiro atoms. The first-order valence-corrected chi connectivity index (χ1v) is 6.17. The second-order valence-electron chi connectivity index (χ2n) is 3.99. The number of methoxy groups -OCH3 is 3. The predicted octanol–water partition coefficient (Wildman–Crippen LogP) is 1.45. The van der Waals surface area contributed by atoms with Crippen LogP contribution in [0.1, 0.15) is 24.2 Å². The van der Waals surface area contributed by atoms with E-state index in [1.54, 1.807) is 26.2 Å². The Kier molecular flexibility index (Phi) is 6.27. The van der Waals surface area contributed by atoms with Gasteiger partial charge in [-0.1, -0.05) is 0 Å². The van der Waals surface area contributed by atoms with Crippen molar-refractivity contribution in [1.29, 1.82) is 0 Å². The maximum absolute atomic E-state index is 11.6. The number of ether oxygens (including phenoxy) is 4. The molecule has 1 unspecified atom stereocenters. The van der Waals surface area contributed by atoms with Gasteiger partial charge in [0.05, 0.1) is 27.4 Å². The van der Waals surface area contributed by atoms with Crippen LogP contribution in [0.3, 0.4) is 0 Å². The number of hydrogen-bond donors (Lipinski definition) is 1. The molecule has 0 amide bonds. The summed E-state index contributed by atoms with van der Waals surface area (Å²) in [5.74, 6) is 0.150.